The molecule has 0 radical (unpaired) electrons. The molecule has 0 spiro atoms. The van der Waals surface area contributed by atoms with E-state index in [1.807, 2.05) is 24.3 Å². The third-order valence-electron chi connectivity index (χ3n) is 18.1. The first-order chi connectivity index (χ1) is 44.1. The van der Waals surface area contributed by atoms with Crippen molar-refractivity contribution in [2.75, 3.05) is 4.90 Å². The van der Waals surface area contributed by atoms with Crippen LogP contribution in [0.5, 0.6) is 0 Å². The van der Waals surface area contributed by atoms with Crippen LogP contribution in [-0.2, 0) is 0 Å². The van der Waals surface area contributed by atoms with Crippen molar-refractivity contribution in [2.24, 2.45) is 0 Å². The monoisotopic (exact) mass is 1140 g/mol. The van der Waals surface area contributed by atoms with Crippen LogP contribution in [0.15, 0.2) is 330 Å². The third-order valence-corrected chi connectivity index (χ3v) is 18.1. The lowest BCUT2D eigenvalue weighted by atomic mass is 9.92. The third kappa shape index (κ3) is 8.47. The molecular formula is C84H53N3O2. The van der Waals surface area contributed by atoms with Crippen molar-refractivity contribution in [1.82, 2.24) is 9.13 Å². The largest absolute Gasteiger partial charge is 0.456 e. The number of para-hydroxylation sites is 4. The zero-order valence-corrected chi connectivity index (χ0v) is 48.3. The number of rotatable bonds is 10. The lowest BCUT2D eigenvalue weighted by molar-refractivity contribution is 0.668. The molecule has 18 rings (SSSR count). The van der Waals surface area contributed by atoms with E-state index in [9.17, 15) is 0 Å². The summed E-state index contributed by atoms with van der Waals surface area (Å²) < 4.78 is 17.5. The molecule has 0 aliphatic carbocycles. The Morgan fingerprint density at radius 2 is 0.517 bits per heavy atom. The number of anilines is 3. The molecule has 0 N–H and O–H groups in total. The van der Waals surface area contributed by atoms with Crippen molar-refractivity contribution in [3.63, 3.8) is 0 Å². The number of hydrogen-bond acceptors (Lipinski definition) is 3. The number of hydrogen-bond donors (Lipinski definition) is 0. The molecule has 4 heterocycles. The molecular weight excluding hydrogens is 1080 g/mol. The number of nitrogens with zero attached hydrogens (tertiary/aromatic N) is 3. The van der Waals surface area contributed by atoms with E-state index < -0.39 is 0 Å². The number of benzene rings is 14. The summed E-state index contributed by atoms with van der Waals surface area (Å²) in [7, 11) is 0. The SMILES string of the molecule is c1ccc(-c2ccc(-n3c4ccccc4c4cc(-c5cc(-c6ccc(N(c7ccc8oc9ccccc9c8c7)c7ccc8oc9ccccc9c8c7)cc6)cc(-c6ccc7c(c6)c6ccccc6n7-c6ccc(-c7ccccc7)cc6)c5)ccc43)cc2)cc1. The zero-order chi connectivity index (χ0) is 58.5. The molecule has 14 aromatic carbocycles. The lowest BCUT2D eigenvalue weighted by Gasteiger charge is -2.26. The van der Waals surface area contributed by atoms with Crippen LogP contribution in [0.3, 0.4) is 0 Å². The van der Waals surface area contributed by atoms with Gasteiger partial charge in [0.2, 0.25) is 0 Å². The summed E-state index contributed by atoms with van der Waals surface area (Å²) in [6.45, 7) is 0. The second-order valence-electron chi connectivity index (χ2n) is 23.2. The summed E-state index contributed by atoms with van der Waals surface area (Å²) >= 11 is 0. The van der Waals surface area contributed by atoms with Crippen LogP contribution in [0.4, 0.5) is 17.1 Å². The molecule has 0 fully saturated rings. The van der Waals surface area contributed by atoms with Gasteiger partial charge in [-0.05, 0) is 195 Å². The Labute approximate surface area is 513 Å². The average molecular weight is 1140 g/mol. The summed E-state index contributed by atoms with van der Waals surface area (Å²) in [6.07, 6.45) is 0. The van der Waals surface area contributed by atoms with Gasteiger partial charge in [-0.2, -0.15) is 0 Å². The maximum Gasteiger partial charge on any atom is 0.135 e. The normalized spacial score (nSPS) is 11.8. The maximum atomic E-state index is 6.36. The Morgan fingerprint density at radius 3 is 0.978 bits per heavy atom. The minimum atomic E-state index is 0.856. The number of fused-ring (bicyclic) bond motifs is 12. The fraction of sp³-hybridized carbons (Fsp3) is 0. The van der Waals surface area contributed by atoms with E-state index in [0.29, 0.717) is 0 Å². The molecule has 5 heteroatoms. The second kappa shape index (κ2) is 20.4. The molecule has 89 heavy (non-hydrogen) atoms. The van der Waals surface area contributed by atoms with Crippen LogP contribution in [0.1, 0.15) is 0 Å². The van der Waals surface area contributed by atoms with Crippen LogP contribution in [0.25, 0.3) is 154 Å². The van der Waals surface area contributed by atoms with Gasteiger partial charge in [0.15, 0.2) is 0 Å². The van der Waals surface area contributed by atoms with E-state index in [1.54, 1.807) is 0 Å². The highest BCUT2D eigenvalue weighted by molar-refractivity contribution is 6.13. The van der Waals surface area contributed by atoms with Crippen LogP contribution in [-0.4, -0.2) is 9.13 Å². The molecule has 416 valence electrons. The Kier molecular flexibility index (Phi) is 11.5. The molecule has 0 bridgehead atoms. The molecule has 0 atom stereocenters. The topological polar surface area (TPSA) is 39.4 Å². The van der Waals surface area contributed by atoms with Crippen molar-refractivity contribution < 1.29 is 8.83 Å². The van der Waals surface area contributed by atoms with Gasteiger partial charge in [-0.15, -0.1) is 0 Å². The molecule has 0 saturated carbocycles. The maximum absolute atomic E-state index is 6.36. The lowest BCUT2D eigenvalue weighted by Crippen LogP contribution is -2.09. The van der Waals surface area contributed by atoms with Crippen molar-refractivity contribution in [2.45, 2.75) is 0 Å². The predicted octanol–water partition coefficient (Wildman–Crippen LogP) is 23.5. The van der Waals surface area contributed by atoms with E-state index >= 15 is 0 Å². The van der Waals surface area contributed by atoms with Gasteiger partial charge in [-0.1, -0.05) is 182 Å². The average Bonchev–Trinajstić information content (AvgIpc) is 2.09. The van der Waals surface area contributed by atoms with Crippen LogP contribution in [0.2, 0.25) is 0 Å². The molecule has 4 aromatic heterocycles. The van der Waals surface area contributed by atoms with Gasteiger partial charge in [-0.3, -0.25) is 0 Å². The van der Waals surface area contributed by atoms with E-state index in [-0.39, 0.29) is 0 Å². The quantitative estimate of drug-likeness (QED) is 0.137. The molecule has 0 saturated heterocycles. The summed E-state index contributed by atoms with van der Waals surface area (Å²) in [6, 6.07) is 117. The van der Waals surface area contributed by atoms with Crippen LogP contribution < -0.4 is 4.90 Å². The standard InChI is InChI=1S/C84H53N3O2/c1-3-15-54(16-4-1)56-27-37-65(38-28-56)86-77-23-11-7-19-69(77)73-50-59(33-43-79(73)86)62-47-61(48-63(49-62)60-34-44-80-74(51-60)70-20-8-12-24-78(70)87(80)66-39-29-57(30-40-66)55-17-5-2-6-18-55)58-31-35-64(36-32-58)85(67-41-45-83-75(52-67)71-21-9-13-25-81(71)88-83)68-42-46-84-76(53-68)72-22-10-14-26-82(72)89-84/h1-53H. The zero-order valence-electron chi connectivity index (χ0n) is 48.3. The minimum absolute atomic E-state index is 0.856. The van der Waals surface area contributed by atoms with Crippen molar-refractivity contribution >= 4 is 105 Å². The Morgan fingerprint density at radius 1 is 0.191 bits per heavy atom. The molecule has 0 unspecified atom stereocenters. The molecule has 0 amide bonds. The van der Waals surface area contributed by atoms with Gasteiger partial charge in [0.25, 0.3) is 0 Å². The van der Waals surface area contributed by atoms with Gasteiger partial charge in [0, 0.05) is 71.5 Å². The summed E-state index contributed by atoms with van der Waals surface area (Å²) in [5, 5.41) is 9.15. The number of furan rings is 2. The van der Waals surface area contributed by atoms with Gasteiger partial charge in [0.05, 0.1) is 22.1 Å². The van der Waals surface area contributed by atoms with Gasteiger partial charge < -0.3 is 22.9 Å². The van der Waals surface area contributed by atoms with E-state index in [1.165, 1.54) is 54.8 Å². The Hall–Kier alpha value is -11.9. The highest BCUT2D eigenvalue weighted by atomic mass is 16.3. The molecule has 5 nitrogen and oxygen atoms in total. The van der Waals surface area contributed by atoms with E-state index in [0.717, 1.165) is 117 Å². The van der Waals surface area contributed by atoms with E-state index in [4.69, 9.17) is 8.83 Å². The first-order valence-electron chi connectivity index (χ1n) is 30.4. The number of aromatic nitrogens is 2. The first-order valence-corrected chi connectivity index (χ1v) is 30.4. The molecule has 0 aliphatic rings. The minimum Gasteiger partial charge on any atom is -0.456 e. The predicted molar refractivity (Wildman–Crippen MR) is 372 cm³/mol. The second-order valence-corrected chi connectivity index (χ2v) is 23.2. The van der Waals surface area contributed by atoms with Crippen molar-refractivity contribution in [3.8, 4) is 67.0 Å². The van der Waals surface area contributed by atoms with E-state index in [2.05, 4.69) is 311 Å². The molecule has 18 aromatic rings. The van der Waals surface area contributed by atoms with Crippen molar-refractivity contribution in [3.05, 3.63) is 322 Å². The Balaban J connectivity index is 0.791. The summed E-state index contributed by atoms with van der Waals surface area (Å²) in [5.41, 5.74) is 25.0. The van der Waals surface area contributed by atoms with Gasteiger partial charge in [-0.25, -0.2) is 0 Å². The van der Waals surface area contributed by atoms with Gasteiger partial charge in [0.1, 0.15) is 22.3 Å². The van der Waals surface area contributed by atoms with Gasteiger partial charge >= 0.3 is 0 Å². The fourth-order valence-corrected chi connectivity index (χ4v) is 13.8. The Bertz CT molecular complexity index is 5440. The first kappa shape index (κ1) is 50.4. The summed E-state index contributed by atoms with van der Waals surface area (Å²) in [5.74, 6) is 0. The van der Waals surface area contributed by atoms with Crippen LogP contribution in [0, 0.1) is 0 Å². The van der Waals surface area contributed by atoms with Crippen molar-refractivity contribution in [1.29, 1.82) is 0 Å². The van der Waals surface area contributed by atoms with Crippen LogP contribution >= 0.6 is 0 Å². The molecule has 0 aliphatic heterocycles. The fourth-order valence-electron chi connectivity index (χ4n) is 13.8. The summed E-state index contributed by atoms with van der Waals surface area (Å²) in [4.78, 5) is 2.35. The highest BCUT2D eigenvalue weighted by Gasteiger charge is 2.21. The smallest absolute Gasteiger partial charge is 0.135 e. The highest BCUT2D eigenvalue weighted by Crippen LogP contribution is 2.45.